The van der Waals surface area contributed by atoms with Crippen molar-refractivity contribution in [1.29, 1.82) is 0 Å². The highest BCUT2D eigenvalue weighted by Crippen LogP contribution is 2.18. The van der Waals surface area contributed by atoms with Crippen molar-refractivity contribution < 1.29 is 32.3 Å². The van der Waals surface area contributed by atoms with Crippen LogP contribution in [0.15, 0.2) is 29.2 Å². The number of hydroxylamine groups is 1. The van der Waals surface area contributed by atoms with Gasteiger partial charge < -0.3 is 9.47 Å². The summed E-state index contributed by atoms with van der Waals surface area (Å²) in [4.78, 5) is 27.8. The second-order valence-corrected chi connectivity index (χ2v) is 6.41. The van der Waals surface area contributed by atoms with E-state index in [1.54, 1.807) is 0 Å². The van der Waals surface area contributed by atoms with E-state index in [4.69, 9.17) is 9.47 Å². The number of ether oxygens (including phenoxy) is 2. The van der Waals surface area contributed by atoms with Crippen molar-refractivity contribution in [2.45, 2.75) is 17.4 Å². The van der Waals surface area contributed by atoms with Crippen molar-refractivity contribution in [3.8, 4) is 0 Å². The Morgan fingerprint density at radius 3 is 2.73 bits per heavy atom. The largest absolute Gasteiger partial charge is 0.463 e. The maximum atomic E-state index is 12.1. The number of carbonyl (C=O) groups is 2. The summed E-state index contributed by atoms with van der Waals surface area (Å²) in [6.07, 6.45) is -0.663. The molecule has 1 saturated heterocycles. The average molecular weight is 329 g/mol. The Morgan fingerprint density at radius 2 is 2.14 bits per heavy atom. The summed E-state index contributed by atoms with van der Waals surface area (Å²) in [6.45, 7) is 0.198. The lowest BCUT2D eigenvalue weighted by atomic mass is 10.2. The standard InChI is InChI=1S/C13H15NO7S/c1-14(19-2)22(17,18)10-5-3-4-9(8-10)12(15)21-11-6-7-20-13(11)16/h3-5,8,11H,6-7H2,1-2H3/t11-/m0/s1. The van der Waals surface area contributed by atoms with Crippen LogP contribution in [0.3, 0.4) is 0 Å². The normalized spacial score (nSPS) is 18.3. The van der Waals surface area contributed by atoms with Gasteiger partial charge >= 0.3 is 11.9 Å². The number of sulfonamides is 1. The molecule has 9 heteroatoms. The molecule has 1 aliphatic rings. The number of esters is 2. The van der Waals surface area contributed by atoms with E-state index in [1.165, 1.54) is 32.4 Å². The molecule has 2 rings (SSSR count). The Hall–Kier alpha value is -1.97. The van der Waals surface area contributed by atoms with Crippen molar-refractivity contribution in [1.82, 2.24) is 4.47 Å². The predicted octanol–water partition coefficient (Wildman–Crippen LogP) is 0.341. The molecule has 0 bridgehead atoms. The number of hydrogen-bond acceptors (Lipinski definition) is 7. The Bertz CT molecular complexity index is 685. The highest BCUT2D eigenvalue weighted by Gasteiger charge is 2.31. The lowest BCUT2D eigenvalue weighted by Gasteiger charge is -2.14. The molecular weight excluding hydrogens is 314 g/mol. The second kappa shape index (κ2) is 6.42. The summed E-state index contributed by atoms with van der Waals surface area (Å²) in [5.41, 5.74) is 0.0188. The maximum absolute atomic E-state index is 12.1. The van der Waals surface area contributed by atoms with Gasteiger partial charge in [0.1, 0.15) is 0 Å². The summed E-state index contributed by atoms with van der Waals surface area (Å²) < 4.78 is 34.6. The van der Waals surface area contributed by atoms with E-state index in [9.17, 15) is 18.0 Å². The number of hydrogen-bond donors (Lipinski definition) is 0. The van der Waals surface area contributed by atoms with Gasteiger partial charge in [-0.3, -0.25) is 4.84 Å². The minimum absolute atomic E-state index is 0.0188. The van der Waals surface area contributed by atoms with Gasteiger partial charge in [-0.25, -0.2) is 18.0 Å². The molecule has 8 nitrogen and oxygen atoms in total. The summed E-state index contributed by atoms with van der Waals surface area (Å²) in [5, 5.41) is 0. The first-order valence-corrected chi connectivity index (χ1v) is 7.81. The van der Waals surface area contributed by atoms with Crippen LogP contribution in [0.1, 0.15) is 16.8 Å². The first kappa shape index (κ1) is 16.4. The van der Waals surface area contributed by atoms with E-state index in [-0.39, 0.29) is 23.5 Å². The number of cyclic esters (lactones) is 1. The van der Waals surface area contributed by atoms with Crippen LogP contribution in [0.2, 0.25) is 0 Å². The fraction of sp³-hybridized carbons (Fsp3) is 0.385. The number of benzene rings is 1. The Balaban J connectivity index is 2.21. The molecule has 1 aliphatic heterocycles. The Morgan fingerprint density at radius 1 is 1.41 bits per heavy atom. The molecular formula is C13H15NO7S. The van der Waals surface area contributed by atoms with E-state index >= 15 is 0 Å². The minimum atomic E-state index is -3.87. The highest BCUT2D eigenvalue weighted by atomic mass is 32.2. The van der Waals surface area contributed by atoms with Crippen molar-refractivity contribution in [2.75, 3.05) is 20.8 Å². The van der Waals surface area contributed by atoms with Crippen LogP contribution in [-0.4, -0.2) is 51.7 Å². The number of carbonyl (C=O) groups excluding carboxylic acids is 2. The van der Waals surface area contributed by atoms with Gasteiger partial charge in [0.25, 0.3) is 10.0 Å². The van der Waals surface area contributed by atoms with E-state index in [1.807, 2.05) is 0 Å². The molecule has 0 aromatic heterocycles. The van der Waals surface area contributed by atoms with Gasteiger partial charge in [-0.05, 0) is 18.2 Å². The van der Waals surface area contributed by atoms with Crippen LogP contribution >= 0.6 is 0 Å². The molecule has 1 heterocycles. The fourth-order valence-corrected chi connectivity index (χ4v) is 2.83. The van der Waals surface area contributed by atoms with Gasteiger partial charge in [-0.15, -0.1) is 0 Å². The van der Waals surface area contributed by atoms with Gasteiger partial charge in [-0.2, -0.15) is 0 Å². The van der Waals surface area contributed by atoms with Crippen LogP contribution in [0, 0.1) is 0 Å². The van der Waals surface area contributed by atoms with E-state index in [2.05, 4.69) is 4.84 Å². The lowest BCUT2D eigenvalue weighted by molar-refractivity contribution is -0.145. The molecule has 0 saturated carbocycles. The van der Waals surface area contributed by atoms with Gasteiger partial charge in [-0.1, -0.05) is 10.5 Å². The van der Waals surface area contributed by atoms with E-state index < -0.39 is 28.1 Å². The van der Waals surface area contributed by atoms with Gasteiger partial charge in [0.15, 0.2) is 0 Å². The van der Waals surface area contributed by atoms with E-state index in [0.717, 1.165) is 6.07 Å². The molecule has 0 amide bonds. The zero-order chi connectivity index (χ0) is 16.3. The SMILES string of the molecule is CON(C)S(=O)(=O)c1cccc(C(=O)O[C@H]2CCOC2=O)c1. The zero-order valence-electron chi connectivity index (χ0n) is 12.0. The molecule has 120 valence electrons. The monoisotopic (exact) mass is 329 g/mol. The summed E-state index contributed by atoms with van der Waals surface area (Å²) in [6, 6.07) is 5.29. The molecule has 1 aromatic carbocycles. The highest BCUT2D eigenvalue weighted by molar-refractivity contribution is 7.89. The molecule has 0 N–H and O–H groups in total. The Kier molecular flexibility index (Phi) is 4.79. The molecule has 0 aliphatic carbocycles. The number of nitrogens with zero attached hydrogens (tertiary/aromatic N) is 1. The van der Waals surface area contributed by atoms with Gasteiger partial charge in [0, 0.05) is 13.5 Å². The predicted molar refractivity (Wildman–Crippen MR) is 73.2 cm³/mol. The third-order valence-electron chi connectivity index (χ3n) is 3.10. The molecule has 0 spiro atoms. The van der Waals surface area contributed by atoms with Crippen LogP contribution in [0.5, 0.6) is 0 Å². The average Bonchev–Trinajstić information content (AvgIpc) is 2.91. The third-order valence-corrected chi connectivity index (χ3v) is 4.78. The van der Waals surface area contributed by atoms with Crippen molar-refractivity contribution in [2.24, 2.45) is 0 Å². The van der Waals surface area contributed by atoms with Crippen molar-refractivity contribution in [3.05, 3.63) is 29.8 Å². The number of rotatable bonds is 5. The topological polar surface area (TPSA) is 99.2 Å². The summed E-state index contributed by atoms with van der Waals surface area (Å²) in [7, 11) is -1.43. The molecule has 1 fully saturated rings. The second-order valence-electron chi connectivity index (χ2n) is 4.48. The molecule has 0 unspecified atom stereocenters. The first-order chi connectivity index (χ1) is 10.4. The van der Waals surface area contributed by atoms with Crippen LogP contribution in [0.4, 0.5) is 0 Å². The van der Waals surface area contributed by atoms with Crippen molar-refractivity contribution >= 4 is 22.0 Å². The molecule has 0 radical (unpaired) electrons. The quantitative estimate of drug-likeness (QED) is 0.567. The summed E-state index contributed by atoms with van der Waals surface area (Å²) in [5.74, 6) is -1.39. The smallest absolute Gasteiger partial charge is 0.347 e. The Labute approximate surface area is 127 Å². The van der Waals surface area contributed by atoms with Crippen molar-refractivity contribution in [3.63, 3.8) is 0 Å². The molecule has 1 atom stereocenters. The van der Waals surface area contributed by atoms with E-state index in [0.29, 0.717) is 4.47 Å². The van der Waals surface area contributed by atoms with Crippen LogP contribution < -0.4 is 0 Å². The van der Waals surface area contributed by atoms with Crippen LogP contribution in [-0.2, 0) is 29.1 Å². The fourth-order valence-electron chi connectivity index (χ4n) is 1.81. The van der Waals surface area contributed by atoms with Gasteiger partial charge in [0.05, 0.1) is 24.2 Å². The first-order valence-electron chi connectivity index (χ1n) is 6.37. The minimum Gasteiger partial charge on any atom is -0.463 e. The van der Waals surface area contributed by atoms with Crippen LogP contribution in [0.25, 0.3) is 0 Å². The maximum Gasteiger partial charge on any atom is 0.347 e. The molecule has 1 aromatic rings. The summed E-state index contributed by atoms with van der Waals surface area (Å²) >= 11 is 0. The molecule has 22 heavy (non-hydrogen) atoms. The third kappa shape index (κ3) is 3.26. The zero-order valence-corrected chi connectivity index (χ0v) is 12.8. The van der Waals surface area contributed by atoms with Gasteiger partial charge in [0.2, 0.25) is 6.10 Å². The lowest BCUT2D eigenvalue weighted by Crippen LogP contribution is -2.26.